The van der Waals surface area contributed by atoms with Gasteiger partial charge in [-0.15, -0.1) is 0 Å². The van der Waals surface area contributed by atoms with Crippen LogP contribution in [0.15, 0.2) is 18.5 Å². The van der Waals surface area contributed by atoms with Gasteiger partial charge in [0.1, 0.15) is 0 Å². The number of hydrogen-bond donors (Lipinski definition) is 0. The molecule has 1 saturated heterocycles. The van der Waals surface area contributed by atoms with Crippen molar-refractivity contribution < 1.29 is 9.47 Å². The minimum atomic E-state index is 0.332. The van der Waals surface area contributed by atoms with Gasteiger partial charge in [-0.2, -0.15) is 0 Å². The second-order valence-electron chi connectivity index (χ2n) is 5.72. The number of pyridine rings is 1. The van der Waals surface area contributed by atoms with E-state index in [2.05, 4.69) is 29.8 Å². The Morgan fingerprint density at radius 2 is 2.24 bits per heavy atom. The smallest absolute Gasteiger partial charge is 0.0738 e. The Morgan fingerprint density at radius 1 is 1.38 bits per heavy atom. The van der Waals surface area contributed by atoms with Gasteiger partial charge in [0.05, 0.1) is 19.3 Å². The Hall–Kier alpha value is -0.970. The third-order valence-electron chi connectivity index (χ3n) is 4.22. The normalized spacial score (nSPS) is 20.8. The minimum Gasteiger partial charge on any atom is -0.380 e. The van der Waals surface area contributed by atoms with Crippen molar-refractivity contribution in [2.75, 3.05) is 26.3 Å². The SMILES string of the molecule is CCOCC(C)N1CCC(OCc2cnccc2CC)C1. The second-order valence-corrected chi connectivity index (χ2v) is 5.72. The summed E-state index contributed by atoms with van der Waals surface area (Å²) in [4.78, 5) is 6.67. The summed E-state index contributed by atoms with van der Waals surface area (Å²) in [6.07, 6.45) is 6.26. The molecule has 4 nitrogen and oxygen atoms in total. The molecule has 0 radical (unpaired) electrons. The molecule has 4 heteroatoms. The molecule has 0 aromatic carbocycles. The standard InChI is InChI=1S/C17H28N2O2/c1-4-15-6-8-18-10-16(15)13-21-17-7-9-19(11-17)14(3)12-20-5-2/h6,8,10,14,17H,4-5,7,9,11-13H2,1-3H3. The molecule has 1 aliphatic rings. The molecular formula is C17H28N2O2. The first-order chi connectivity index (χ1) is 10.2. The predicted molar refractivity (Wildman–Crippen MR) is 84.3 cm³/mol. The predicted octanol–water partition coefficient (Wildman–Crippen LogP) is 2.66. The average molecular weight is 292 g/mol. The molecule has 2 unspecified atom stereocenters. The van der Waals surface area contributed by atoms with Gasteiger partial charge in [-0.3, -0.25) is 9.88 Å². The maximum Gasteiger partial charge on any atom is 0.0738 e. The Balaban J connectivity index is 1.77. The average Bonchev–Trinajstić information content (AvgIpc) is 3.00. The van der Waals surface area contributed by atoms with Gasteiger partial charge in [0.25, 0.3) is 0 Å². The quantitative estimate of drug-likeness (QED) is 0.738. The van der Waals surface area contributed by atoms with Gasteiger partial charge in [-0.25, -0.2) is 0 Å². The van der Waals surface area contributed by atoms with E-state index in [1.165, 1.54) is 11.1 Å². The van der Waals surface area contributed by atoms with E-state index in [9.17, 15) is 0 Å². The van der Waals surface area contributed by atoms with Crippen molar-refractivity contribution in [3.05, 3.63) is 29.6 Å². The summed E-state index contributed by atoms with van der Waals surface area (Å²) in [5.74, 6) is 0. The van der Waals surface area contributed by atoms with Gasteiger partial charge in [-0.1, -0.05) is 6.92 Å². The molecule has 2 rings (SSSR count). The highest BCUT2D eigenvalue weighted by atomic mass is 16.5. The molecule has 1 aliphatic heterocycles. The Morgan fingerprint density at radius 3 is 3.00 bits per heavy atom. The van der Waals surface area contributed by atoms with E-state index in [1.54, 1.807) is 0 Å². The topological polar surface area (TPSA) is 34.6 Å². The number of aryl methyl sites for hydroxylation is 1. The summed E-state index contributed by atoms with van der Waals surface area (Å²) in [5, 5.41) is 0. The summed E-state index contributed by atoms with van der Waals surface area (Å²) < 4.78 is 11.6. The van der Waals surface area contributed by atoms with Crippen molar-refractivity contribution >= 4 is 0 Å². The van der Waals surface area contributed by atoms with Crippen molar-refractivity contribution in [2.45, 2.75) is 52.4 Å². The number of aromatic nitrogens is 1. The molecular weight excluding hydrogens is 264 g/mol. The third kappa shape index (κ3) is 4.77. The summed E-state index contributed by atoms with van der Waals surface area (Å²) in [6, 6.07) is 2.56. The first-order valence-corrected chi connectivity index (χ1v) is 8.09. The first-order valence-electron chi connectivity index (χ1n) is 8.09. The van der Waals surface area contributed by atoms with Gasteiger partial charge in [0, 0.05) is 38.1 Å². The molecule has 2 atom stereocenters. The minimum absolute atomic E-state index is 0.332. The molecule has 21 heavy (non-hydrogen) atoms. The summed E-state index contributed by atoms with van der Waals surface area (Å²) in [7, 11) is 0. The lowest BCUT2D eigenvalue weighted by molar-refractivity contribution is 0.0344. The van der Waals surface area contributed by atoms with Gasteiger partial charge in [-0.05, 0) is 43.9 Å². The van der Waals surface area contributed by atoms with Gasteiger partial charge < -0.3 is 9.47 Å². The van der Waals surface area contributed by atoms with E-state index in [1.807, 2.05) is 19.3 Å². The Bertz CT molecular complexity index is 425. The lowest BCUT2D eigenvalue weighted by Gasteiger charge is -2.24. The summed E-state index contributed by atoms with van der Waals surface area (Å²) >= 11 is 0. The van der Waals surface area contributed by atoms with E-state index in [4.69, 9.17) is 9.47 Å². The molecule has 1 fully saturated rings. The zero-order chi connectivity index (χ0) is 15.1. The molecule has 0 N–H and O–H groups in total. The summed E-state index contributed by atoms with van der Waals surface area (Å²) in [5.41, 5.74) is 2.56. The maximum atomic E-state index is 6.09. The first kappa shape index (κ1) is 16.4. The van der Waals surface area contributed by atoms with Crippen LogP contribution in [0, 0.1) is 0 Å². The van der Waals surface area contributed by atoms with E-state index < -0.39 is 0 Å². The largest absolute Gasteiger partial charge is 0.380 e. The lowest BCUT2D eigenvalue weighted by atomic mass is 10.1. The molecule has 0 bridgehead atoms. The molecule has 0 amide bonds. The molecule has 2 heterocycles. The van der Waals surface area contributed by atoms with Gasteiger partial charge in [0.15, 0.2) is 0 Å². The molecule has 1 aromatic heterocycles. The zero-order valence-corrected chi connectivity index (χ0v) is 13.5. The van der Waals surface area contributed by atoms with E-state index in [-0.39, 0.29) is 0 Å². The molecule has 0 saturated carbocycles. The lowest BCUT2D eigenvalue weighted by Crippen LogP contribution is -2.35. The van der Waals surface area contributed by atoms with Crippen LogP contribution >= 0.6 is 0 Å². The number of nitrogens with zero attached hydrogens (tertiary/aromatic N) is 2. The maximum absolute atomic E-state index is 6.09. The summed E-state index contributed by atoms with van der Waals surface area (Å²) in [6.45, 7) is 10.8. The van der Waals surface area contributed by atoms with Crippen molar-refractivity contribution in [3.8, 4) is 0 Å². The fraction of sp³-hybridized carbons (Fsp3) is 0.706. The third-order valence-corrected chi connectivity index (χ3v) is 4.22. The van der Waals surface area contributed by atoms with E-state index in [0.29, 0.717) is 18.8 Å². The van der Waals surface area contributed by atoms with Gasteiger partial charge in [0.2, 0.25) is 0 Å². The monoisotopic (exact) mass is 292 g/mol. The number of rotatable bonds is 8. The van der Waals surface area contributed by atoms with Crippen molar-refractivity contribution in [1.29, 1.82) is 0 Å². The van der Waals surface area contributed by atoms with E-state index >= 15 is 0 Å². The van der Waals surface area contributed by atoms with Gasteiger partial charge >= 0.3 is 0 Å². The van der Waals surface area contributed by atoms with Crippen LogP contribution in [0.4, 0.5) is 0 Å². The van der Waals surface area contributed by atoms with Crippen LogP contribution < -0.4 is 0 Å². The van der Waals surface area contributed by atoms with Crippen LogP contribution in [0.5, 0.6) is 0 Å². The van der Waals surface area contributed by atoms with Crippen molar-refractivity contribution in [2.24, 2.45) is 0 Å². The molecule has 1 aromatic rings. The van der Waals surface area contributed by atoms with Crippen LogP contribution in [0.3, 0.4) is 0 Å². The Kier molecular flexibility index (Phi) is 6.61. The number of ether oxygens (including phenoxy) is 2. The highest BCUT2D eigenvalue weighted by Gasteiger charge is 2.26. The molecule has 0 spiro atoms. The number of hydrogen-bond acceptors (Lipinski definition) is 4. The second kappa shape index (κ2) is 8.47. The molecule has 118 valence electrons. The fourth-order valence-electron chi connectivity index (χ4n) is 2.82. The van der Waals surface area contributed by atoms with Crippen LogP contribution in [0.2, 0.25) is 0 Å². The van der Waals surface area contributed by atoms with Crippen LogP contribution in [-0.4, -0.2) is 48.3 Å². The van der Waals surface area contributed by atoms with Crippen molar-refractivity contribution in [3.63, 3.8) is 0 Å². The zero-order valence-electron chi connectivity index (χ0n) is 13.5. The van der Waals surface area contributed by atoms with Crippen LogP contribution in [-0.2, 0) is 22.5 Å². The van der Waals surface area contributed by atoms with Crippen LogP contribution in [0.25, 0.3) is 0 Å². The molecule has 0 aliphatic carbocycles. The highest BCUT2D eigenvalue weighted by molar-refractivity contribution is 5.22. The van der Waals surface area contributed by atoms with E-state index in [0.717, 1.165) is 39.1 Å². The van der Waals surface area contributed by atoms with Crippen LogP contribution in [0.1, 0.15) is 38.3 Å². The van der Waals surface area contributed by atoms with Crippen molar-refractivity contribution in [1.82, 2.24) is 9.88 Å². The fourth-order valence-corrected chi connectivity index (χ4v) is 2.82. The number of likely N-dealkylation sites (tertiary alicyclic amines) is 1. The highest BCUT2D eigenvalue weighted by Crippen LogP contribution is 2.18. The Labute approximate surface area is 128 Å².